The zero-order valence-electron chi connectivity index (χ0n) is 12.7. The lowest BCUT2D eigenvalue weighted by Crippen LogP contribution is -2.39. The van der Waals surface area contributed by atoms with Crippen molar-refractivity contribution in [2.45, 2.75) is 29.4 Å². The molecule has 1 aromatic heterocycles. The number of H-pyrrole nitrogens is 1. The summed E-state index contributed by atoms with van der Waals surface area (Å²) in [6.45, 7) is 0.0432. The molecule has 8 heteroatoms. The fraction of sp³-hybridized carbons (Fsp3) is 0.375. The number of benzene rings is 1. The zero-order chi connectivity index (χ0) is 17.1. The molecule has 1 saturated heterocycles. The quantitative estimate of drug-likeness (QED) is 0.706. The standard InChI is InChI=1S/C16H18N2O5S/c19-8-11-13(21)14(23-9-10-4-2-1-3-5-10)15(24-11)18-7-6-12(20)17-16(18)22/h1-7,11,13-15,19,21H,8-9H2,(H,17,20,22)/t11-,13-,14+,15-/m0/s1. The molecule has 7 nitrogen and oxygen atoms in total. The zero-order valence-corrected chi connectivity index (χ0v) is 13.6. The van der Waals surface area contributed by atoms with E-state index in [1.807, 2.05) is 30.3 Å². The van der Waals surface area contributed by atoms with Crippen molar-refractivity contribution in [3.05, 3.63) is 69.0 Å². The highest BCUT2D eigenvalue weighted by atomic mass is 32.2. The average molecular weight is 350 g/mol. The number of nitrogens with zero attached hydrogens (tertiary/aromatic N) is 1. The van der Waals surface area contributed by atoms with Crippen LogP contribution in [0.15, 0.2) is 52.2 Å². The van der Waals surface area contributed by atoms with E-state index in [2.05, 4.69) is 4.98 Å². The first-order chi connectivity index (χ1) is 11.6. The number of aromatic amines is 1. The fourth-order valence-corrected chi connectivity index (χ4v) is 4.12. The number of hydrogen-bond donors (Lipinski definition) is 3. The van der Waals surface area contributed by atoms with Gasteiger partial charge in [0, 0.05) is 12.3 Å². The van der Waals surface area contributed by atoms with Gasteiger partial charge >= 0.3 is 5.69 Å². The second-order valence-electron chi connectivity index (χ2n) is 5.52. The summed E-state index contributed by atoms with van der Waals surface area (Å²) in [5.74, 6) is 0. The summed E-state index contributed by atoms with van der Waals surface area (Å²) in [5.41, 5.74) is -0.117. The van der Waals surface area contributed by atoms with Crippen LogP contribution in [-0.2, 0) is 11.3 Å². The van der Waals surface area contributed by atoms with E-state index < -0.39 is 34.1 Å². The number of aromatic nitrogens is 2. The number of aliphatic hydroxyl groups excluding tert-OH is 2. The van der Waals surface area contributed by atoms with Crippen molar-refractivity contribution in [2.75, 3.05) is 6.61 Å². The maximum Gasteiger partial charge on any atom is 0.329 e. The molecule has 24 heavy (non-hydrogen) atoms. The third-order valence-electron chi connectivity index (χ3n) is 3.90. The van der Waals surface area contributed by atoms with Gasteiger partial charge in [0.25, 0.3) is 5.56 Å². The Morgan fingerprint density at radius 3 is 2.62 bits per heavy atom. The topological polar surface area (TPSA) is 105 Å². The molecular weight excluding hydrogens is 332 g/mol. The first kappa shape index (κ1) is 17.0. The van der Waals surface area contributed by atoms with E-state index in [-0.39, 0.29) is 13.2 Å². The number of thioether (sulfide) groups is 1. The largest absolute Gasteiger partial charge is 0.395 e. The molecule has 2 aromatic rings. The van der Waals surface area contributed by atoms with E-state index in [1.165, 1.54) is 28.6 Å². The van der Waals surface area contributed by atoms with Crippen LogP contribution in [0.5, 0.6) is 0 Å². The van der Waals surface area contributed by atoms with Crippen LogP contribution in [-0.4, -0.2) is 43.8 Å². The van der Waals surface area contributed by atoms with Crippen LogP contribution in [0.2, 0.25) is 0 Å². The lowest BCUT2D eigenvalue weighted by molar-refractivity contribution is -0.0513. The molecule has 4 atom stereocenters. The second kappa shape index (κ2) is 7.35. The lowest BCUT2D eigenvalue weighted by Gasteiger charge is -2.23. The molecule has 0 bridgehead atoms. The van der Waals surface area contributed by atoms with Crippen LogP contribution in [0.3, 0.4) is 0 Å². The number of hydrogen-bond acceptors (Lipinski definition) is 6. The monoisotopic (exact) mass is 350 g/mol. The maximum atomic E-state index is 12.0. The Labute approximate surface area is 141 Å². The molecule has 1 aromatic carbocycles. The summed E-state index contributed by atoms with van der Waals surface area (Å²) in [5, 5.41) is 18.8. The van der Waals surface area contributed by atoms with Gasteiger partial charge in [-0.05, 0) is 5.56 Å². The summed E-state index contributed by atoms with van der Waals surface area (Å²) in [6.07, 6.45) is -0.229. The molecule has 0 spiro atoms. The molecule has 0 saturated carbocycles. The van der Waals surface area contributed by atoms with Crippen molar-refractivity contribution >= 4 is 11.8 Å². The molecule has 128 valence electrons. The third-order valence-corrected chi connectivity index (χ3v) is 5.46. The van der Waals surface area contributed by atoms with Crippen LogP contribution in [0.1, 0.15) is 10.9 Å². The Hall–Kier alpha value is -1.87. The van der Waals surface area contributed by atoms with E-state index in [4.69, 9.17) is 4.74 Å². The minimum absolute atomic E-state index is 0.231. The van der Waals surface area contributed by atoms with Crippen molar-refractivity contribution in [3.63, 3.8) is 0 Å². The highest BCUT2D eigenvalue weighted by Crippen LogP contribution is 2.42. The highest BCUT2D eigenvalue weighted by molar-refractivity contribution is 8.00. The van der Waals surface area contributed by atoms with E-state index in [0.717, 1.165) is 5.56 Å². The molecule has 0 radical (unpaired) electrons. The van der Waals surface area contributed by atoms with Crippen molar-refractivity contribution in [3.8, 4) is 0 Å². The number of rotatable bonds is 5. The van der Waals surface area contributed by atoms with Crippen molar-refractivity contribution in [1.29, 1.82) is 0 Å². The van der Waals surface area contributed by atoms with Gasteiger partial charge in [0.1, 0.15) is 11.5 Å². The van der Waals surface area contributed by atoms with Gasteiger partial charge < -0.3 is 14.9 Å². The first-order valence-electron chi connectivity index (χ1n) is 7.51. The first-order valence-corrected chi connectivity index (χ1v) is 8.46. The Morgan fingerprint density at radius 2 is 1.96 bits per heavy atom. The second-order valence-corrected chi connectivity index (χ2v) is 6.88. The lowest BCUT2D eigenvalue weighted by atomic mass is 10.1. The van der Waals surface area contributed by atoms with Crippen molar-refractivity contribution in [2.24, 2.45) is 0 Å². The summed E-state index contributed by atoms with van der Waals surface area (Å²) in [7, 11) is 0. The van der Waals surface area contributed by atoms with Crippen molar-refractivity contribution in [1.82, 2.24) is 9.55 Å². The predicted octanol–water partition coefficient (Wildman–Crippen LogP) is 0.0892. The molecule has 1 fully saturated rings. The average Bonchev–Trinajstić information content (AvgIpc) is 2.90. The Bertz CT molecular complexity index is 791. The number of aliphatic hydroxyl groups is 2. The van der Waals surface area contributed by atoms with Gasteiger partial charge in [-0.15, -0.1) is 11.8 Å². The summed E-state index contributed by atoms with van der Waals surface area (Å²) in [6, 6.07) is 10.7. The van der Waals surface area contributed by atoms with Crippen LogP contribution in [0.25, 0.3) is 0 Å². The van der Waals surface area contributed by atoms with Crippen LogP contribution in [0, 0.1) is 0 Å². The van der Waals surface area contributed by atoms with Crippen LogP contribution < -0.4 is 11.2 Å². The summed E-state index contributed by atoms with van der Waals surface area (Å²) < 4.78 is 7.17. The minimum atomic E-state index is -0.924. The molecule has 0 aliphatic carbocycles. The normalized spacial score (nSPS) is 26.6. The smallest absolute Gasteiger partial charge is 0.329 e. The number of ether oxygens (including phenoxy) is 1. The molecular formula is C16H18N2O5S. The molecule has 1 aliphatic heterocycles. The Balaban J connectivity index is 1.85. The van der Waals surface area contributed by atoms with Gasteiger partial charge in [-0.3, -0.25) is 14.3 Å². The van der Waals surface area contributed by atoms with Gasteiger partial charge in [-0.1, -0.05) is 30.3 Å². The van der Waals surface area contributed by atoms with Gasteiger partial charge in [0.15, 0.2) is 0 Å². The van der Waals surface area contributed by atoms with E-state index in [1.54, 1.807) is 0 Å². The molecule has 1 aliphatic rings. The fourth-order valence-electron chi connectivity index (χ4n) is 2.67. The molecule has 3 rings (SSSR count). The molecule has 0 unspecified atom stereocenters. The number of nitrogens with one attached hydrogen (secondary N) is 1. The summed E-state index contributed by atoms with van der Waals surface area (Å²) in [4.78, 5) is 25.5. The SMILES string of the molecule is O=c1ccn([C@H]2S[C@@H](CO)[C@H](O)[C@H]2OCc2ccccc2)c(=O)[nH]1. The van der Waals surface area contributed by atoms with Crippen molar-refractivity contribution < 1.29 is 14.9 Å². The van der Waals surface area contributed by atoms with Gasteiger partial charge in [0.2, 0.25) is 0 Å². The van der Waals surface area contributed by atoms with Crippen LogP contribution >= 0.6 is 11.8 Å². The molecule has 0 amide bonds. The van der Waals surface area contributed by atoms with E-state index in [0.29, 0.717) is 0 Å². The molecule has 3 N–H and O–H groups in total. The van der Waals surface area contributed by atoms with E-state index >= 15 is 0 Å². The maximum absolute atomic E-state index is 12.0. The summed E-state index contributed by atoms with van der Waals surface area (Å²) >= 11 is 1.25. The third kappa shape index (κ3) is 3.46. The highest BCUT2D eigenvalue weighted by Gasteiger charge is 2.45. The van der Waals surface area contributed by atoms with Crippen LogP contribution in [0.4, 0.5) is 0 Å². The van der Waals surface area contributed by atoms with Gasteiger partial charge in [-0.25, -0.2) is 4.79 Å². The van der Waals surface area contributed by atoms with E-state index in [9.17, 15) is 19.8 Å². The van der Waals surface area contributed by atoms with Gasteiger partial charge in [-0.2, -0.15) is 0 Å². The Kier molecular flexibility index (Phi) is 5.20. The van der Waals surface area contributed by atoms with Gasteiger partial charge in [0.05, 0.1) is 24.6 Å². The molecule has 2 heterocycles. The minimum Gasteiger partial charge on any atom is -0.395 e. The Morgan fingerprint density at radius 1 is 1.21 bits per heavy atom. The predicted molar refractivity (Wildman–Crippen MR) is 89.9 cm³/mol.